The molecule has 8 nitrogen and oxygen atoms in total. The third kappa shape index (κ3) is 3.74. The quantitative estimate of drug-likeness (QED) is 0.475. The Bertz CT molecular complexity index is 1320. The van der Waals surface area contributed by atoms with Gasteiger partial charge in [-0.2, -0.15) is 31.4 Å². The van der Waals surface area contributed by atoms with Gasteiger partial charge in [-0.15, -0.1) is 5.10 Å². The molecule has 0 bridgehead atoms. The van der Waals surface area contributed by atoms with Crippen LogP contribution < -0.4 is 5.32 Å². The number of aryl methyl sites for hydroxylation is 1. The van der Waals surface area contributed by atoms with E-state index in [1.54, 1.807) is 0 Å². The number of amides is 1. The van der Waals surface area contributed by atoms with Gasteiger partial charge in [-0.1, -0.05) is 5.21 Å². The molecule has 0 atom stereocenters. The maximum absolute atomic E-state index is 14.0. The van der Waals surface area contributed by atoms with Crippen LogP contribution in [0.25, 0.3) is 16.8 Å². The molecule has 1 amide bonds. The van der Waals surface area contributed by atoms with Crippen LogP contribution in [0, 0.1) is 0 Å². The van der Waals surface area contributed by atoms with E-state index in [4.69, 9.17) is 0 Å². The summed E-state index contributed by atoms with van der Waals surface area (Å²) in [5, 5.41) is 13.3. The maximum atomic E-state index is 14.0. The SMILES string of the molecule is Cn1nc(-c2cccn3nncc23)c(C(F)(F)F)c1C(=O)Nc1ccnc(C(F)(F)F)c1. The number of carbonyl (C=O) groups excluding carboxylic acids is 1. The first-order chi connectivity index (χ1) is 15.0. The molecule has 0 unspecified atom stereocenters. The zero-order chi connectivity index (χ0) is 23.3. The van der Waals surface area contributed by atoms with Crippen LogP contribution in [0.3, 0.4) is 0 Å². The molecule has 0 aromatic carbocycles. The normalized spacial score (nSPS) is 12.3. The highest BCUT2D eigenvalue weighted by Crippen LogP contribution is 2.40. The van der Waals surface area contributed by atoms with E-state index < -0.39 is 40.9 Å². The van der Waals surface area contributed by atoms with Crippen LogP contribution in [0.1, 0.15) is 21.7 Å². The predicted molar refractivity (Wildman–Crippen MR) is 97.4 cm³/mol. The summed E-state index contributed by atoms with van der Waals surface area (Å²) < 4.78 is 82.6. The number of nitrogens with one attached hydrogen (secondary N) is 1. The lowest BCUT2D eigenvalue weighted by Gasteiger charge is -2.12. The Morgan fingerprint density at radius 2 is 1.84 bits per heavy atom. The van der Waals surface area contributed by atoms with Gasteiger partial charge in [-0.3, -0.25) is 14.5 Å². The van der Waals surface area contributed by atoms with Crippen molar-refractivity contribution in [2.75, 3.05) is 5.32 Å². The van der Waals surface area contributed by atoms with Gasteiger partial charge in [0.25, 0.3) is 5.91 Å². The average Bonchev–Trinajstić information content (AvgIpc) is 3.31. The lowest BCUT2D eigenvalue weighted by atomic mass is 10.0. The van der Waals surface area contributed by atoms with E-state index in [-0.39, 0.29) is 16.8 Å². The summed E-state index contributed by atoms with van der Waals surface area (Å²) in [6.07, 6.45) is -6.32. The highest BCUT2D eigenvalue weighted by Gasteiger charge is 2.42. The van der Waals surface area contributed by atoms with Crippen molar-refractivity contribution in [3.63, 3.8) is 0 Å². The van der Waals surface area contributed by atoms with E-state index >= 15 is 0 Å². The van der Waals surface area contributed by atoms with E-state index in [0.29, 0.717) is 10.7 Å². The van der Waals surface area contributed by atoms with Crippen molar-refractivity contribution in [3.05, 3.63) is 59.8 Å². The summed E-state index contributed by atoms with van der Waals surface area (Å²) in [4.78, 5) is 15.9. The van der Waals surface area contributed by atoms with Gasteiger partial charge in [0.1, 0.15) is 22.6 Å². The Hall–Kier alpha value is -3.97. The first-order valence-corrected chi connectivity index (χ1v) is 8.75. The van der Waals surface area contributed by atoms with Gasteiger partial charge in [0.2, 0.25) is 0 Å². The van der Waals surface area contributed by atoms with Gasteiger partial charge in [-0.25, -0.2) is 4.52 Å². The van der Waals surface area contributed by atoms with Crippen molar-refractivity contribution in [1.29, 1.82) is 0 Å². The molecular weight excluding hydrogens is 444 g/mol. The van der Waals surface area contributed by atoms with Gasteiger partial charge in [0, 0.05) is 30.7 Å². The van der Waals surface area contributed by atoms with E-state index in [1.165, 1.54) is 29.0 Å². The lowest BCUT2D eigenvalue weighted by Crippen LogP contribution is -2.21. The van der Waals surface area contributed by atoms with Crippen molar-refractivity contribution < 1.29 is 31.1 Å². The summed E-state index contributed by atoms with van der Waals surface area (Å²) >= 11 is 0. The largest absolute Gasteiger partial charge is 0.433 e. The summed E-state index contributed by atoms with van der Waals surface area (Å²) in [6, 6.07) is 4.33. The fourth-order valence-electron chi connectivity index (χ4n) is 3.15. The molecule has 0 aliphatic carbocycles. The number of hydrogen-bond donors (Lipinski definition) is 1. The molecule has 166 valence electrons. The number of aromatic nitrogens is 6. The first-order valence-electron chi connectivity index (χ1n) is 8.75. The Morgan fingerprint density at radius 3 is 2.53 bits per heavy atom. The number of fused-ring (bicyclic) bond motifs is 1. The second-order valence-corrected chi connectivity index (χ2v) is 6.56. The summed E-state index contributed by atoms with van der Waals surface area (Å²) in [5.41, 5.74) is -4.24. The van der Waals surface area contributed by atoms with Gasteiger partial charge in [-0.05, 0) is 24.3 Å². The Morgan fingerprint density at radius 1 is 1.09 bits per heavy atom. The molecule has 0 aliphatic rings. The number of hydrogen-bond acceptors (Lipinski definition) is 5. The van der Waals surface area contributed by atoms with Crippen LogP contribution in [0.2, 0.25) is 0 Å². The Balaban J connectivity index is 1.82. The fraction of sp³-hybridized carbons (Fsp3) is 0.167. The maximum Gasteiger partial charge on any atom is 0.433 e. The van der Waals surface area contributed by atoms with Gasteiger partial charge < -0.3 is 5.32 Å². The summed E-state index contributed by atoms with van der Waals surface area (Å²) in [5.74, 6) is -1.29. The molecule has 4 aromatic rings. The third-order valence-electron chi connectivity index (χ3n) is 4.45. The molecular formula is C18H11F6N7O. The number of rotatable bonds is 3. The fourth-order valence-corrected chi connectivity index (χ4v) is 3.15. The number of alkyl halides is 6. The predicted octanol–water partition coefficient (Wildman–Crippen LogP) is 3.81. The lowest BCUT2D eigenvalue weighted by molar-refractivity contribution is -0.141. The van der Waals surface area contributed by atoms with Gasteiger partial charge in [0.05, 0.1) is 11.7 Å². The summed E-state index contributed by atoms with van der Waals surface area (Å²) in [6.45, 7) is 0. The molecule has 32 heavy (non-hydrogen) atoms. The molecule has 0 spiro atoms. The zero-order valence-electron chi connectivity index (χ0n) is 15.9. The second-order valence-electron chi connectivity index (χ2n) is 6.56. The van der Waals surface area contributed by atoms with Gasteiger partial charge >= 0.3 is 12.4 Å². The molecule has 0 fully saturated rings. The minimum atomic E-state index is -5.01. The van der Waals surface area contributed by atoms with Crippen molar-refractivity contribution in [2.45, 2.75) is 12.4 Å². The average molecular weight is 455 g/mol. The van der Waals surface area contributed by atoms with Crippen LogP contribution in [0.15, 0.2) is 42.9 Å². The molecule has 0 saturated carbocycles. The molecule has 0 radical (unpaired) electrons. The van der Waals surface area contributed by atoms with E-state index in [1.807, 2.05) is 0 Å². The highest BCUT2D eigenvalue weighted by molar-refractivity contribution is 6.05. The minimum absolute atomic E-state index is 0.0164. The van der Waals surface area contributed by atoms with E-state index in [2.05, 4.69) is 25.7 Å². The van der Waals surface area contributed by atoms with Gasteiger partial charge in [0.15, 0.2) is 0 Å². The number of anilines is 1. The second kappa shape index (κ2) is 7.32. The van der Waals surface area contributed by atoms with Crippen molar-refractivity contribution >= 4 is 17.1 Å². The van der Waals surface area contributed by atoms with Crippen LogP contribution >= 0.6 is 0 Å². The summed E-state index contributed by atoms with van der Waals surface area (Å²) in [7, 11) is 1.12. The van der Waals surface area contributed by atoms with Crippen molar-refractivity contribution in [3.8, 4) is 11.3 Å². The van der Waals surface area contributed by atoms with Crippen LogP contribution in [-0.4, -0.2) is 35.5 Å². The molecule has 14 heteroatoms. The highest BCUT2D eigenvalue weighted by atomic mass is 19.4. The third-order valence-corrected chi connectivity index (χ3v) is 4.45. The van der Waals surface area contributed by atoms with Crippen LogP contribution in [0.4, 0.5) is 32.0 Å². The molecule has 4 aromatic heterocycles. The van der Waals surface area contributed by atoms with Crippen molar-refractivity contribution in [1.82, 2.24) is 29.6 Å². The van der Waals surface area contributed by atoms with Crippen LogP contribution in [0.5, 0.6) is 0 Å². The molecule has 1 N–H and O–H groups in total. The number of pyridine rings is 2. The zero-order valence-corrected chi connectivity index (χ0v) is 15.9. The van der Waals surface area contributed by atoms with E-state index in [9.17, 15) is 31.1 Å². The molecule has 0 saturated heterocycles. The first kappa shape index (κ1) is 21.3. The number of halogens is 6. The number of nitrogens with zero attached hydrogens (tertiary/aromatic N) is 6. The molecule has 0 aliphatic heterocycles. The van der Waals surface area contributed by atoms with Crippen LogP contribution in [-0.2, 0) is 19.4 Å². The minimum Gasteiger partial charge on any atom is -0.321 e. The molecule has 4 heterocycles. The Kier molecular flexibility index (Phi) is 4.86. The van der Waals surface area contributed by atoms with Crippen molar-refractivity contribution in [2.24, 2.45) is 7.05 Å². The topological polar surface area (TPSA) is 90.0 Å². The smallest absolute Gasteiger partial charge is 0.321 e. The molecule has 4 rings (SSSR count). The van der Waals surface area contributed by atoms with E-state index in [0.717, 1.165) is 19.3 Å². The monoisotopic (exact) mass is 455 g/mol. The Labute approximate surface area is 174 Å². The standard InChI is InChI=1S/C18H11F6N7O/c1-30-15(16(32)27-9-4-5-25-12(7-9)17(19,20)21)13(18(22,23)24)14(28-30)10-3-2-6-31-11(10)8-26-29-31/h2-8H,1H3,(H,25,27,32). The number of carbonyl (C=O) groups is 1.